The maximum absolute atomic E-state index is 11.0. The highest BCUT2D eigenvalue weighted by Crippen LogP contribution is 2.06. The third-order valence-corrected chi connectivity index (χ3v) is 1.86. The Morgan fingerprint density at radius 3 is 2.43 bits per heavy atom. The fraction of sp³-hybridized carbons (Fsp3) is 0.167. The summed E-state index contributed by atoms with van der Waals surface area (Å²) in [5.41, 5.74) is 1.70. The van der Waals surface area contributed by atoms with Gasteiger partial charge in [-0.2, -0.15) is 0 Å². The van der Waals surface area contributed by atoms with Crippen LogP contribution < -0.4 is 0 Å². The van der Waals surface area contributed by atoms with E-state index in [4.69, 9.17) is 0 Å². The lowest BCUT2D eigenvalue weighted by Gasteiger charge is -1.95. The van der Waals surface area contributed by atoms with E-state index in [1.165, 1.54) is 6.92 Å². The topological polar surface area (TPSA) is 34.1 Å². The molecular weight excluding hydrogens is 176 g/mol. The fourth-order valence-corrected chi connectivity index (χ4v) is 1.09. The molecule has 0 aliphatic rings. The number of aldehydes is 1. The van der Waals surface area contributed by atoms with E-state index in [0.717, 1.165) is 11.8 Å². The van der Waals surface area contributed by atoms with Crippen LogP contribution in [0.4, 0.5) is 0 Å². The van der Waals surface area contributed by atoms with Gasteiger partial charge in [0.05, 0.1) is 0 Å². The molecule has 1 rings (SSSR count). The van der Waals surface area contributed by atoms with E-state index in [0.29, 0.717) is 12.0 Å². The molecule has 0 aliphatic heterocycles. The first-order valence-corrected chi connectivity index (χ1v) is 4.45. The molecule has 0 fully saturated rings. The Bertz CT molecular complexity index is 347. The summed E-state index contributed by atoms with van der Waals surface area (Å²) in [5, 5.41) is 0. The molecule has 0 heterocycles. The highest BCUT2D eigenvalue weighted by molar-refractivity contribution is 5.94. The average molecular weight is 188 g/mol. The standard InChI is InChI=1S/C12H12O2/c1-10(14)12-7-5-11(6-8-12)4-2-3-9-13/h2,4-9H,3H2,1H3. The molecule has 0 bridgehead atoms. The van der Waals surface area contributed by atoms with Crippen LogP contribution in [-0.4, -0.2) is 12.1 Å². The zero-order chi connectivity index (χ0) is 10.4. The SMILES string of the molecule is CC(=O)c1ccc(C=CCC=O)cc1. The summed E-state index contributed by atoms with van der Waals surface area (Å²) in [6, 6.07) is 7.28. The first-order chi connectivity index (χ1) is 6.74. The minimum Gasteiger partial charge on any atom is -0.303 e. The van der Waals surface area contributed by atoms with Crippen LogP contribution in [0.25, 0.3) is 6.08 Å². The Morgan fingerprint density at radius 2 is 1.93 bits per heavy atom. The Hall–Kier alpha value is -1.70. The van der Waals surface area contributed by atoms with Crippen molar-refractivity contribution in [1.29, 1.82) is 0 Å². The first-order valence-electron chi connectivity index (χ1n) is 4.45. The van der Waals surface area contributed by atoms with Crippen molar-refractivity contribution in [3.63, 3.8) is 0 Å². The van der Waals surface area contributed by atoms with E-state index in [1.807, 2.05) is 18.2 Å². The van der Waals surface area contributed by atoms with Crippen LogP contribution in [0, 0.1) is 0 Å². The van der Waals surface area contributed by atoms with Gasteiger partial charge in [-0.1, -0.05) is 36.4 Å². The van der Waals surface area contributed by atoms with E-state index in [-0.39, 0.29) is 5.78 Å². The monoisotopic (exact) mass is 188 g/mol. The van der Waals surface area contributed by atoms with Gasteiger partial charge in [-0.25, -0.2) is 0 Å². The summed E-state index contributed by atoms with van der Waals surface area (Å²) in [5.74, 6) is 0.0634. The van der Waals surface area contributed by atoms with Crippen molar-refractivity contribution in [2.75, 3.05) is 0 Å². The molecule has 0 spiro atoms. The molecular formula is C12H12O2. The van der Waals surface area contributed by atoms with Crippen LogP contribution in [0.15, 0.2) is 30.3 Å². The molecule has 0 saturated carbocycles. The highest BCUT2D eigenvalue weighted by Gasteiger charge is 1.96. The lowest BCUT2D eigenvalue weighted by molar-refractivity contribution is -0.107. The largest absolute Gasteiger partial charge is 0.303 e. The van der Waals surface area contributed by atoms with E-state index in [2.05, 4.69) is 0 Å². The van der Waals surface area contributed by atoms with Gasteiger partial charge in [-0.05, 0) is 12.5 Å². The second kappa shape index (κ2) is 5.12. The summed E-state index contributed by atoms with van der Waals surface area (Å²) in [7, 11) is 0. The number of allylic oxidation sites excluding steroid dienone is 1. The van der Waals surface area contributed by atoms with Crippen molar-refractivity contribution in [3.8, 4) is 0 Å². The third-order valence-electron chi connectivity index (χ3n) is 1.86. The molecule has 0 saturated heterocycles. The van der Waals surface area contributed by atoms with Gasteiger partial charge in [0.2, 0.25) is 0 Å². The average Bonchev–Trinajstić information content (AvgIpc) is 2.19. The lowest BCUT2D eigenvalue weighted by Crippen LogP contribution is -1.90. The number of Topliss-reactive ketones (excluding diaryl/α,β-unsaturated/α-hetero) is 1. The van der Waals surface area contributed by atoms with Gasteiger partial charge in [0.25, 0.3) is 0 Å². The summed E-state index contributed by atoms with van der Waals surface area (Å²) < 4.78 is 0. The summed E-state index contributed by atoms with van der Waals surface area (Å²) in [6.07, 6.45) is 4.92. The minimum absolute atomic E-state index is 0.0634. The van der Waals surface area contributed by atoms with Gasteiger partial charge in [0, 0.05) is 12.0 Å². The molecule has 0 amide bonds. The van der Waals surface area contributed by atoms with Crippen LogP contribution >= 0.6 is 0 Å². The maximum atomic E-state index is 11.0. The maximum Gasteiger partial charge on any atom is 0.159 e. The summed E-state index contributed by atoms with van der Waals surface area (Å²) in [6.45, 7) is 1.54. The van der Waals surface area contributed by atoms with Crippen molar-refractivity contribution in [2.45, 2.75) is 13.3 Å². The molecule has 0 aliphatic carbocycles. The van der Waals surface area contributed by atoms with E-state index in [9.17, 15) is 9.59 Å². The Labute approximate surface area is 83.3 Å². The molecule has 0 radical (unpaired) electrons. The van der Waals surface area contributed by atoms with Crippen LogP contribution in [-0.2, 0) is 4.79 Å². The molecule has 0 unspecified atom stereocenters. The van der Waals surface area contributed by atoms with Crippen molar-refractivity contribution in [3.05, 3.63) is 41.5 Å². The van der Waals surface area contributed by atoms with Crippen LogP contribution in [0.5, 0.6) is 0 Å². The lowest BCUT2D eigenvalue weighted by atomic mass is 10.1. The Morgan fingerprint density at radius 1 is 1.29 bits per heavy atom. The zero-order valence-corrected chi connectivity index (χ0v) is 8.07. The second-order valence-corrected chi connectivity index (χ2v) is 2.98. The fourth-order valence-electron chi connectivity index (χ4n) is 1.09. The van der Waals surface area contributed by atoms with Gasteiger partial charge in [-0.3, -0.25) is 4.79 Å². The third kappa shape index (κ3) is 2.98. The number of ketones is 1. The molecule has 2 heteroatoms. The van der Waals surface area contributed by atoms with Crippen molar-refractivity contribution >= 4 is 18.1 Å². The first kappa shape index (κ1) is 10.4. The number of rotatable bonds is 4. The predicted molar refractivity (Wildman–Crippen MR) is 56.2 cm³/mol. The van der Waals surface area contributed by atoms with Crippen LogP contribution in [0.1, 0.15) is 29.3 Å². The Kier molecular flexibility index (Phi) is 3.80. The second-order valence-electron chi connectivity index (χ2n) is 2.98. The highest BCUT2D eigenvalue weighted by atomic mass is 16.1. The molecule has 0 atom stereocenters. The number of benzene rings is 1. The van der Waals surface area contributed by atoms with Gasteiger partial charge < -0.3 is 4.79 Å². The Balaban J connectivity index is 2.73. The number of carbonyl (C=O) groups is 2. The van der Waals surface area contributed by atoms with Crippen LogP contribution in [0.2, 0.25) is 0 Å². The van der Waals surface area contributed by atoms with Gasteiger partial charge in [-0.15, -0.1) is 0 Å². The normalized spacial score (nSPS) is 10.4. The molecule has 14 heavy (non-hydrogen) atoms. The van der Waals surface area contributed by atoms with Crippen molar-refractivity contribution < 1.29 is 9.59 Å². The summed E-state index contributed by atoms with van der Waals surface area (Å²) >= 11 is 0. The molecule has 72 valence electrons. The molecule has 1 aromatic rings. The molecule has 0 aromatic heterocycles. The number of hydrogen-bond donors (Lipinski definition) is 0. The van der Waals surface area contributed by atoms with Gasteiger partial charge in [0.1, 0.15) is 6.29 Å². The van der Waals surface area contributed by atoms with Crippen LogP contribution in [0.3, 0.4) is 0 Å². The number of hydrogen-bond acceptors (Lipinski definition) is 2. The molecule has 0 N–H and O–H groups in total. The smallest absolute Gasteiger partial charge is 0.159 e. The van der Waals surface area contributed by atoms with Gasteiger partial charge >= 0.3 is 0 Å². The molecule has 2 nitrogen and oxygen atoms in total. The van der Waals surface area contributed by atoms with E-state index >= 15 is 0 Å². The predicted octanol–water partition coefficient (Wildman–Crippen LogP) is 2.49. The van der Waals surface area contributed by atoms with Gasteiger partial charge in [0.15, 0.2) is 5.78 Å². The minimum atomic E-state index is 0.0634. The zero-order valence-electron chi connectivity index (χ0n) is 8.07. The number of carbonyl (C=O) groups excluding carboxylic acids is 2. The van der Waals surface area contributed by atoms with E-state index in [1.54, 1.807) is 18.2 Å². The van der Waals surface area contributed by atoms with Crippen molar-refractivity contribution in [2.24, 2.45) is 0 Å². The molecule has 1 aromatic carbocycles. The van der Waals surface area contributed by atoms with E-state index < -0.39 is 0 Å². The van der Waals surface area contributed by atoms with Crippen molar-refractivity contribution in [1.82, 2.24) is 0 Å². The summed E-state index contributed by atoms with van der Waals surface area (Å²) in [4.78, 5) is 21.0. The quantitative estimate of drug-likeness (QED) is 0.537.